The molecule has 2 aromatic rings. The molecule has 0 unspecified atom stereocenters. The van der Waals surface area contributed by atoms with Crippen LogP contribution in [0.15, 0.2) is 24.4 Å². The first-order chi connectivity index (χ1) is 11.1. The van der Waals surface area contributed by atoms with Crippen LogP contribution >= 0.6 is 0 Å². The molecule has 0 aliphatic carbocycles. The van der Waals surface area contributed by atoms with Gasteiger partial charge in [-0.05, 0) is 52.7 Å². The standard InChI is InChI=1S/C17H25N5O/c1-20(2)12-9-18-17(23)15-13-7-4-5-11-22(13)16(19-15)14-8-6-10-21(14)3/h4-5,7,11,14H,6,8-10,12H2,1-3H3,(H,18,23)/t14-/m0/s1. The topological polar surface area (TPSA) is 52.9 Å². The highest BCUT2D eigenvalue weighted by molar-refractivity contribution is 5.99. The number of imidazole rings is 1. The van der Waals surface area contributed by atoms with Crippen LogP contribution in [0, 0.1) is 0 Å². The summed E-state index contributed by atoms with van der Waals surface area (Å²) in [6.45, 7) is 2.52. The van der Waals surface area contributed by atoms with Crippen molar-refractivity contribution in [3.63, 3.8) is 0 Å². The molecule has 1 fully saturated rings. The molecule has 0 saturated carbocycles. The molecule has 6 heteroatoms. The summed E-state index contributed by atoms with van der Waals surface area (Å²) in [5, 5.41) is 2.97. The quantitative estimate of drug-likeness (QED) is 0.906. The minimum atomic E-state index is -0.0950. The molecular weight excluding hydrogens is 290 g/mol. The van der Waals surface area contributed by atoms with Crippen molar-refractivity contribution < 1.29 is 4.79 Å². The van der Waals surface area contributed by atoms with Crippen LogP contribution in [0.1, 0.15) is 35.2 Å². The first-order valence-electron chi connectivity index (χ1n) is 8.18. The lowest BCUT2D eigenvalue weighted by molar-refractivity contribution is 0.0948. The van der Waals surface area contributed by atoms with Crippen molar-refractivity contribution in [2.75, 3.05) is 40.8 Å². The van der Waals surface area contributed by atoms with E-state index in [0.29, 0.717) is 12.2 Å². The lowest BCUT2D eigenvalue weighted by Crippen LogP contribution is -2.31. The maximum Gasteiger partial charge on any atom is 0.272 e. The molecule has 0 radical (unpaired) electrons. The zero-order valence-electron chi connectivity index (χ0n) is 14.1. The summed E-state index contributed by atoms with van der Waals surface area (Å²) in [6, 6.07) is 6.19. The Kier molecular flexibility index (Phi) is 4.63. The zero-order valence-corrected chi connectivity index (χ0v) is 14.1. The van der Waals surface area contributed by atoms with E-state index in [1.165, 1.54) is 6.42 Å². The predicted molar refractivity (Wildman–Crippen MR) is 90.7 cm³/mol. The summed E-state index contributed by atoms with van der Waals surface area (Å²) >= 11 is 0. The van der Waals surface area contributed by atoms with E-state index >= 15 is 0 Å². The summed E-state index contributed by atoms with van der Waals surface area (Å²) < 4.78 is 2.06. The fourth-order valence-electron chi connectivity index (χ4n) is 3.18. The van der Waals surface area contributed by atoms with Crippen LogP contribution in [-0.2, 0) is 0 Å². The molecule has 1 aliphatic rings. The lowest BCUT2D eigenvalue weighted by atomic mass is 10.2. The molecule has 1 amide bonds. The highest BCUT2D eigenvalue weighted by Gasteiger charge is 2.28. The van der Waals surface area contributed by atoms with Crippen LogP contribution in [0.2, 0.25) is 0 Å². The van der Waals surface area contributed by atoms with Gasteiger partial charge in [-0.25, -0.2) is 4.98 Å². The third-order valence-electron chi connectivity index (χ3n) is 4.45. The van der Waals surface area contributed by atoms with Gasteiger partial charge in [-0.2, -0.15) is 0 Å². The highest BCUT2D eigenvalue weighted by atomic mass is 16.1. The van der Waals surface area contributed by atoms with Crippen molar-refractivity contribution in [1.29, 1.82) is 0 Å². The molecule has 2 aromatic heterocycles. The Labute approximate surface area is 137 Å². The zero-order chi connectivity index (χ0) is 16.4. The molecule has 1 aliphatic heterocycles. The van der Waals surface area contributed by atoms with Gasteiger partial charge in [0.1, 0.15) is 5.82 Å². The monoisotopic (exact) mass is 315 g/mol. The van der Waals surface area contributed by atoms with Crippen molar-refractivity contribution in [2.24, 2.45) is 0 Å². The smallest absolute Gasteiger partial charge is 0.272 e. The average molecular weight is 315 g/mol. The van der Waals surface area contributed by atoms with Crippen LogP contribution < -0.4 is 5.32 Å². The van der Waals surface area contributed by atoms with Crippen molar-refractivity contribution in [1.82, 2.24) is 24.5 Å². The first kappa shape index (κ1) is 16.0. The van der Waals surface area contributed by atoms with Crippen LogP contribution in [0.4, 0.5) is 0 Å². The summed E-state index contributed by atoms with van der Waals surface area (Å²) in [4.78, 5) is 21.6. The van der Waals surface area contributed by atoms with Crippen LogP contribution in [0.25, 0.3) is 5.52 Å². The molecule has 1 N–H and O–H groups in total. The maximum absolute atomic E-state index is 12.5. The molecule has 1 saturated heterocycles. The Morgan fingerprint density at radius 1 is 1.43 bits per heavy atom. The van der Waals surface area contributed by atoms with E-state index in [0.717, 1.165) is 30.9 Å². The summed E-state index contributed by atoms with van der Waals surface area (Å²) in [5.41, 5.74) is 1.41. The van der Waals surface area contributed by atoms with Crippen molar-refractivity contribution in [3.8, 4) is 0 Å². The number of nitrogens with one attached hydrogen (secondary N) is 1. The number of hydrogen-bond acceptors (Lipinski definition) is 4. The Bertz CT molecular complexity index is 693. The van der Waals surface area contributed by atoms with Gasteiger partial charge in [0.15, 0.2) is 5.69 Å². The molecule has 3 rings (SSSR count). The van der Waals surface area contributed by atoms with Gasteiger partial charge < -0.3 is 14.6 Å². The van der Waals surface area contributed by atoms with Crippen molar-refractivity contribution >= 4 is 11.4 Å². The number of carbonyl (C=O) groups excluding carboxylic acids is 1. The summed E-state index contributed by atoms with van der Waals surface area (Å²) in [6.07, 6.45) is 4.26. The van der Waals surface area contributed by atoms with E-state index in [1.54, 1.807) is 0 Å². The predicted octanol–water partition coefficient (Wildman–Crippen LogP) is 1.39. The maximum atomic E-state index is 12.5. The van der Waals surface area contributed by atoms with Crippen LogP contribution in [-0.4, -0.2) is 65.9 Å². The number of likely N-dealkylation sites (tertiary alicyclic amines) is 1. The van der Waals surface area contributed by atoms with Crippen molar-refractivity contribution in [2.45, 2.75) is 18.9 Å². The molecule has 23 heavy (non-hydrogen) atoms. The summed E-state index contributed by atoms with van der Waals surface area (Å²) in [7, 11) is 6.11. The largest absolute Gasteiger partial charge is 0.349 e. The van der Waals surface area contributed by atoms with Gasteiger partial charge in [0.25, 0.3) is 5.91 Å². The van der Waals surface area contributed by atoms with Crippen molar-refractivity contribution in [3.05, 3.63) is 35.9 Å². The van der Waals surface area contributed by atoms with Gasteiger partial charge in [0, 0.05) is 19.3 Å². The molecule has 124 valence electrons. The molecule has 0 bridgehead atoms. The third-order valence-corrected chi connectivity index (χ3v) is 4.45. The van der Waals surface area contributed by atoms with Gasteiger partial charge in [-0.1, -0.05) is 6.07 Å². The third kappa shape index (κ3) is 3.23. The number of fused-ring (bicyclic) bond motifs is 1. The average Bonchev–Trinajstić information content (AvgIpc) is 3.10. The van der Waals surface area contributed by atoms with Gasteiger partial charge >= 0.3 is 0 Å². The number of hydrogen-bond donors (Lipinski definition) is 1. The second kappa shape index (κ2) is 6.68. The Balaban J connectivity index is 1.90. The fourth-order valence-corrected chi connectivity index (χ4v) is 3.18. The Morgan fingerprint density at radius 2 is 2.26 bits per heavy atom. The van der Waals surface area contributed by atoms with E-state index in [-0.39, 0.29) is 11.9 Å². The number of nitrogens with zero attached hydrogens (tertiary/aromatic N) is 4. The fraction of sp³-hybridized carbons (Fsp3) is 0.529. The molecule has 0 spiro atoms. The van der Waals surface area contributed by atoms with E-state index in [2.05, 4.69) is 21.7 Å². The van der Waals surface area contributed by atoms with E-state index in [4.69, 9.17) is 4.98 Å². The van der Waals surface area contributed by atoms with Crippen LogP contribution in [0.3, 0.4) is 0 Å². The molecule has 6 nitrogen and oxygen atoms in total. The normalized spacial score (nSPS) is 18.9. The number of aromatic nitrogens is 2. The highest BCUT2D eigenvalue weighted by Crippen LogP contribution is 2.30. The Morgan fingerprint density at radius 3 is 2.96 bits per heavy atom. The number of carbonyl (C=O) groups is 1. The van der Waals surface area contributed by atoms with Crippen LogP contribution in [0.5, 0.6) is 0 Å². The van der Waals surface area contributed by atoms with E-state index in [1.807, 2.05) is 43.4 Å². The number of likely N-dealkylation sites (N-methyl/N-ethyl adjacent to an activating group) is 1. The number of rotatable bonds is 5. The van der Waals surface area contributed by atoms with Gasteiger partial charge in [0.2, 0.25) is 0 Å². The Hall–Kier alpha value is -1.92. The summed E-state index contributed by atoms with van der Waals surface area (Å²) in [5.74, 6) is 0.876. The second-order valence-corrected chi connectivity index (χ2v) is 6.47. The number of amides is 1. The van der Waals surface area contributed by atoms with E-state index in [9.17, 15) is 4.79 Å². The lowest BCUT2D eigenvalue weighted by Gasteiger charge is -2.17. The molecular formula is C17H25N5O. The molecule has 1 atom stereocenters. The number of pyridine rings is 1. The first-order valence-corrected chi connectivity index (χ1v) is 8.18. The molecule has 0 aromatic carbocycles. The minimum absolute atomic E-state index is 0.0950. The molecule has 3 heterocycles. The van der Waals surface area contributed by atoms with Gasteiger partial charge in [0.05, 0.1) is 11.6 Å². The SMILES string of the molecule is CN(C)CCNC(=O)c1nc([C@@H]2CCCN2C)n2ccccc12. The van der Waals surface area contributed by atoms with Gasteiger partial charge in [-0.3, -0.25) is 9.69 Å². The van der Waals surface area contributed by atoms with Gasteiger partial charge in [-0.15, -0.1) is 0 Å². The second-order valence-electron chi connectivity index (χ2n) is 6.47. The minimum Gasteiger partial charge on any atom is -0.349 e. The van der Waals surface area contributed by atoms with E-state index < -0.39 is 0 Å².